The molecule has 1 rings (SSSR count). The van der Waals surface area contributed by atoms with Crippen LogP contribution in [0.3, 0.4) is 0 Å². The van der Waals surface area contributed by atoms with E-state index in [1.54, 1.807) is 0 Å². The molecule has 0 spiro atoms. The lowest BCUT2D eigenvalue weighted by molar-refractivity contribution is 0.0119. The maximum absolute atomic E-state index is 5.29. The van der Waals surface area contributed by atoms with Crippen LogP contribution < -0.4 is 0 Å². The SMILES string of the molecule is CCCOCCOCCOCC1CO1. The Bertz CT molecular complexity index is 125. The van der Waals surface area contributed by atoms with Gasteiger partial charge in [0.15, 0.2) is 0 Å². The first-order chi connectivity index (χ1) is 6.93. The molecule has 0 amide bonds. The van der Waals surface area contributed by atoms with Crippen molar-refractivity contribution in [1.29, 1.82) is 0 Å². The standard InChI is InChI=1S/C10H20O4/c1-2-3-11-4-5-12-6-7-13-8-10-9-14-10/h10H,2-9H2,1H3. The fourth-order valence-corrected chi connectivity index (χ4v) is 0.963. The van der Waals surface area contributed by atoms with Gasteiger partial charge in [0, 0.05) is 6.61 Å². The van der Waals surface area contributed by atoms with Crippen molar-refractivity contribution in [3.05, 3.63) is 0 Å². The zero-order valence-corrected chi connectivity index (χ0v) is 8.87. The minimum atomic E-state index is 0.350. The Morgan fingerprint density at radius 1 is 1.00 bits per heavy atom. The topological polar surface area (TPSA) is 40.2 Å². The zero-order chi connectivity index (χ0) is 10.1. The summed E-state index contributed by atoms with van der Waals surface area (Å²) in [6.45, 7) is 7.09. The van der Waals surface area contributed by atoms with Crippen molar-refractivity contribution in [1.82, 2.24) is 0 Å². The third-order valence-electron chi connectivity index (χ3n) is 1.80. The zero-order valence-electron chi connectivity index (χ0n) is 8.87. The molecule has 84 valence electrons. The summed E-state index contributed by atoms with van der Waals surface area (Å²) < 4.78 is 20.8. The molecular weight excluding hydrogens is 184 g/mol. The van der Waals surface area contributed by atoms with Crippen LogP contribution in [0.5, 0.6) is 0 Å². The fraction of sp³-hybridized carbons (Fsp3) is 1.00. The lowest BCUT2D eigenvalue weighted by Crippen LogP contribution is -2.11. The van der Waals surface area contributed by atoms with Gasteiger partial charge in [-0.25, -0.2) is 0 Å². The van der Waals surface area contributed by atoms with E-state index in [2.05, 4.69) is 6.92 Å². The lowest BCUT2D eigenvalue weighted by atomic mass is 10.5. The fourth-order valence-electron chi connectivity index (χ4n) is 0.963. The Morgan fingerprint density at radius 3 is 2.14 bits per heavy atom. The highest BCUT2D eigenvalue weighted by Gasteiger charge is 2.21. The Hall–Kier alpha value is -0.160. The van der Waals surface area contributed by atoms with E-state index in [0.29, 0.717) is 39.1 Å². The Morgan fingerprint density at radius 2 is 1.57 bits per heavy atom. The quantitative estimate of drug-likeness (QED) is 0.390. The monoisotopic (exact) mass is 204 g/mol. The van der Waals surface area contributed by atoms with Gasteiger partial charge in [-0.2, -0.15) is 0 Å². The van der Waals surface area contributed by atoms with Gasteiger partial charge in [0.05, 0.1) is 39.6 Å². The van der Waals surface area contributed by atoms with Crippen LogP contribution in [-0.4, -0.2) is 52.4 Å². The van der Waals surface area contributed by atoms with E-state index >= 15 is 0 Å². The summed E-state index contributed by atoms with van der Waals surface area (Å²) in [5.74, 6) is 0. The summed E-state index contributed by atoms with van der Waals surface area (Å²) >= 11 is 0. The van der Waals surface area contributed by atoms with Gasteiger partial charge in [-0.15, -0.1) is 0 Å². The molecule has 0 aliphatic carbocycles. The predicted molar refractivity (Wildman–Crippen MR) is 52.5 cm³/mol. The van der Waals surface area contributed by atoms with Gasteiger partial charge in [-0.3, -0.25) is 0 Å². The first-order valence-electron chi connectivity index (χ1n) is 5.28. The van der Waals surface area contributed by atoms with Crippen LogP contribution in [0.15, 0.2) is 0 Å². The van der Waals surface area contributed by atoms with Crippen LogP contribution in [0, 0.1) is 0 Å². The van der Waals surface area contributed by atoms with Crippen LogP contribution in [0.2, 0.25) is 0 Å². The second kappa shape index (κ2) is 8.17. The number of rotatable bonds is 10. The van der Waals surface area contributed by atoms with Crippen molar-refractivity contribution in [2.45, 2.75) is 19.4 Å². The molecule has 0 N–H and O–H groups in total. The summed E-state index contributed by atoms with van der Waals surface area (Å²) in [6.07, 6.45) is 1.41. The highest BCUT2D eigenvalue weighted by atomic mass is 16.6. The van der Waals surface area contributed by atoms with Gasteiger partial charge in [0.25, 0.3) is 0 Å². The largest absolute Gasteiger partial charge is 0.379 e. The van der Waals surface area contributed by atoms with Gasteiger partial charge in [0.2, 0.25) is 0 Å². The molecule has 1 saturated heterocycles. The molecule has 0 bridgehead atoms. The maximum atomic E-state index is 5.29. The highest BCUT2D eigenvalue weighted by Crippen LogP contribution is 2.07. The van der Waals surface area contributed by atoms with Crippen molar-refractivity contribution in [2.75, 3.05) is 46.2 Å². The molecular formula is C10H20O4. The van der Waals surface area contributed by atoms with Crippen molar-refractivity contribution >= 4 is 0 Å². The number of ether oxygens (including phenoxy) is 4. The van der Waals surface area contributed by atoms with Crippen molar-refractivity contribution in [3.8, 4) is 0 Å². The van der Waals surface area contributed by atoms with Crippen LogP contribution in [0.1, 0.15) is 13.3 Å². The van der Waals surface area contributed by atoms with E-state index in [1.807, 2.05) is 0 Å². The first kappa shape index (κ1) is 11.9. The molecule has 1 aliphatic heterocycles. The van der Waals surface area contributed by atoms with E-state index < -0.39 is 0 Å². The van der Waals surface area contributed by atoms with E-state index in [-0.39, 0.29) is 0 Å². The van der Waals surface area contributed by atoms with E-state index in [0.717, 1.165) is 19.6 Å². The van der Waals surface area contributed by atoms with Crippen molar-refractivity contribution in [3.63, 3.8) is 0 Å². The average Bonchev–Trinajstić information content (AvgIpc) is 2.99. The maximum Gasteiger partial charge on any atom is 0.104 e. The van der Waals surface area contributed by atoms with Gasteiger partial charge >= 0.3 is 0 Å². The second-order valence-electron chi connectivity index (χ2n) is 3.26. The van der Waals surface area contributed by atoms with E-state index in [4.69, 9.17) is 18.9 Å². The molecule has 1 atom stereocenters. The molecule has 4 heteroatoms. The smallest absolute Gasteiger partial charge is 0.104 e. The summed E-state index contributed by atoms with van der Waals surface area (Å²) in [5.41, 5.74) is 0. The van der Waals surface area contributed by atoms with E-state index in [1.165, 1.54) is 0 Å². The molecule has 0 aromatic rings. The first-order valence-corrected chi connectivity index (χ1v) is 5.28. The Kier molecular flexibility index (Phi) is 6.95. The van der Waals surface area contributed by atoms with Crippen LogP contribution in [-0.2, 0) is 18.9 Å². The average molecular weight is 204 g/mol. The minimum absolute atomic E-state index is 0.350. The summed E-state index contributed by atoms with van der Waals surface area (Å²) in [5, 5.41) is 0. The summed E-state index contributed by atoms with van der Waals surface area (Å²) in [4.78, 5) is 0. The van der Waals surface area contributed by atoms with Crippen molar-refractivity contribution < 1.29 is 18.9 Å². The van der Waals surface area contributed by atoms with Gasteiger partial charge in [0.1, 0.15) is 6.10 Å². The molecule has 1 unspecified atom stereocenters. The number of hydrogen-bond donors (Lipinski definition) is 0. The Balaban J connectivity index is 1.63. The molecule has 1 aliphatic rings. The molecule has 1 heterocycles. The minimum Gasteiger partial charge on any atom is -0.379 e. The van der Waals surface area contributed by atoms with Crippen molar-refractivity contribution in [2.24, 2.45) is 0 Å². The third-order valence-corrected chi connectivity index (χ3v) is 1.80. The van der Waals surface area contributed by atoms with Gasteiger partial charge in [-0.05, 0) is 6.42 Å². The highest BCUT2D eigenvalue weighted by molar-refractivity contribution is 4.66. The molecule has 1 fully saturated rings. The Labute approximate surface area is 85.5 Å². The van der Waals surface area contributed by atoms with Crippen LogP contribution in [0.4, 0.5) is 0 Å². The van der Waals surface area contributed by atoms with Gasteiger partial charge < -0.3 is 18.9 Å². The normalized spacial score (nSPS) is 19.9. The number of epoxide rings is 1. The second-order valence-corrected chi connectivity index (χ2v) is 3.26. The third kappa shape index (κ3) is 7.26. The molecule has 4 nitrogen and oxygen atoms in total. The lowest BCUT2D eigenvalue weighted by Gasteiger charge is -2.05. The van der Waals surface area contributed by atoms with Crippen LogP contribution >= 0.6 is 0 Å². The molecule has 0 aromatic carbocycles. The molecule has 14 heavy (non-hydrogen) atoms. The van der Waals surface area contributed by atoms with E-state index in [9.17, 15) is 0 Å². The molecule has 0 radical (unpaired) electrons. The van der Waals surface area contributed by atoms with Crippen LogP contribution in [0.25, 0.3) is 0 Å². The predicted octanol–water partition coefficient (Wildman–Crippen LogP) is 0.845. The summed E-state index contributed by atoms with van der Waals surface area (Å²) in [7, 11) is 0. The molecule has 0 aromatic heterocycles. The molecule has 0 saturated carbocycles. The summed E-state index contributed by atoms with van der Waals surface area (Å²) in [6, 6.07) is 0. The number of hydrogen-bond acceptors (Lipinski definition) is 4. The van der Waals surface area contributed by atoms with Gasteiger partial charge in [-0.1, -0.05) is 6.92 Å².